The van der Waals surface area contributed by atoms with Crippen molar-refractivity contribution in [1.82, 2.24) is 15.5 Å². The topological polar surface area (TPSA) is 49.9 Å². The molecule has 0 aliphatic heterocycles. The quantitative estimate of drug-likeness (QED) is 0.820. The van der Waals surface area contributed by atoms with Gasteiger partial charge in [0.25, 0.3) is 0 Å². The second-order valence-electron chi connectivity index (χ2n) is 4.42. The molecule has 0 fully saturated rings. The maximum atomic E-state index is 5.10. The van der Waals surface area contributed by atoms with Crippen molar-refractivity contribution in [2.45, 2.75) is 19.5 Å². The second-order valence-corrected chi connectivity index (χ2v) is 4.42. The van der Waals surface area contributed by atoms with Gasteiger partial charge in [0.05, 0.1) is 12.8 Å². The van der Waals surface area contributed by atoms with E-state index in [2.05, 4.69) is 46.7 Å². The van der Waals surface area contributed by atoms with Gasteiger partial charge in [-0.3, -0.25) is 5.10 Å². The molecule has 1 heterocycles. The standard InChI is InChI=1S/C14H19N3O/c1-11(10-18-2)15-7-12-4-3-5-13(6-12)14-8-16-17-9-14/h3-6,8-9,11,15H,7,10H2,1-2H3,(H,16,17)/t11-/m0/s1. The summed E-state index contributed by atoms with van der Waals surface area (Å²) in [5.74, 6) is 0. The number of H-pyrrole nitrogens is 1. The zero-order chi connectivity index (χ0) is 12.8. The minimum atomic E-state index is 0.354. The largest absolute Gasteiger partial charge is 0.383 e. The van der Waals surface area contributed by atoms with E-state index in [1.807, 2.05) is 12.4 Å². The first-order chi connectivity index (χ1) is 8.79. The van der Waals surface area contributed by atoms with Crippen molar-refractivity contribution in [2.24, 2.45) is 0 Å². The minimum absolute atomic E-state index is 0.354. The Balaban J connectivity index is 2.00. The van der Waals surface area contributed by atoms with Gasteiger partial charge in [-0.25, -0.2) is 0 Å². The maximum absolute atomic E-state index is 5.10. The van der Waals surface area contributed by atoms with E-state index < -0.39 is 0 Å². The van der Waals surface area contributed by atoms with Crippen LogP contribution in [0.5, 0.6) is 0 Å². The van der Waals surface area contributed by atoms with Crippen LogP contribution in [0, 0.1) is 0 Å². The van der Waals surface area contributed by atoms with Crippen molar-refractivity contribution in [3.05, 3.63) is 42.2 Å². The second kappa shape index (κ2) is 6.33. The van der Waals surface area contributed by atoms with E-state index in [9.17, 15) is 0 Å². The summed E-state index contributed by atoms with van der Waals surface area (Å²) < 4.78 is 5.10. The number of aromatic amines is 1. The number of nitrogens with zero attached hydrogens (tertiary/aromatic N) is 1. The number of aromatic nitrogens is 2. The fraction of sp³-hybridized carbons (Fsp3) is 0.357. The molecule has 1 atom stereocenters. The third-order valence-electron chi connectivity index (χ3n) is 2.83. The van der Waals surface area contributed by atoms with Crippen molar-refractivity contribution in [3.63, 3.8) is 0 Å². The Morgan fingerprint density at radius 2 is 2.28 bits per heavy atom. The smallest absolute Gasteiger partial charge is 0.0613 e. The highest BCUT2D eigenvalue weighted by Gasteiger charge is 2.03. The van der Waals surface area contributed by atoms with Gasteiger partial charge in [-0.05, 0) is 24.1 Å². The van der Waals surface area contributed by atoms with E-state index in [1.54, 1.807) is 7.11 Å². The Morgan fingerprint density at radius 1 is 1.39 bits per heavy atom. The SMILES string of the molecule is COC[C@H](C)NCc1cccc(-c2cn[nH]c2)c1. The molecule has 4 nitrogen and oxygen atoms in total. The Hall–Kier alpha value is -1.65. The van der Waals surface area contributed by atoms with E-state index in [0.29, 0.717) is 6.04 Å². The molecule has 0 radical (unpaired) electrons. The van der Waals surface area contributed by atoms with Gasteiger partial charge >= 0.3 is 0 Å². The molecule has 0 bridgehead atoms. The fourth-order valence-corrected chi connectivity index (χ4v) is 1.87. The molecular formula is C14H19N3O. The van der Waals surface area contributed by atoms with E-state index >= 15 is 0 Å². The number of hydrogen-bond acceptors (Lipinski definition) is 3. The maximum Gasteiger partial charge on any atom is 0.0613 e. The molecule has 2 N–H and O–H groups in total. The summed E-state index contributed by atoms with van der Waals surface area (Å²) >= 11 is 0. The molecule has 1 aromatic carbocycles. The van der Waals surface area contributed by atoms with Crippen molar-refractivity contribution in [1.29, 1.82) is 0 Å². The zero-order valence-electron chi connectivity index (χ0n) is 10.8. The summed E-state index contributed by atoms with van der Waals surface area (Å²) in [6.45, 7) is 3.68. The monoisotopic (exact) mass is 245 g/mol. The van der Waals surface area contributed by atoms with Gasteiger partial charge in [0.1, 0.15) is 0 Å². The highest BCUT2D eigenvalue weighted by atomic mass is 16.5. The van der Waals surface area contributed by atoms with E-state index in [1.165, 1.54) is 11.1 Å². The highest BCUT2D eigenvalue weighted by Crippen LogP contribution is 2.18. The lowest BCUT2D eigenvalue weighted by Crippen LogP contribution is -2.29. The Morgan fingerprint density at radius 3 is 3.00 bits per heavy atom. The summed E-state index contributed by atoms with van der Waals surface area (Å²) in [6, 6.07) is 8.81. The van der Waals surface area contributed by atoms with Crippen LogP contribution in [0.3, 0.4) is 0 Å². The number of rotatable bonds is 6. The molecule has 2 rings (SSSR count). The third kappa shape index (κ3) is 3.42. The molecule has 0 unspecified atom stereocenters. The van der Waals surface area contributed by atoms with E-state index in [-0.39, 0.29) is 0 Å². The van der Waals surface area contributed by atoms with Crippen LogP contribution in [0.15, 0.2) is 36.7 Å². The van der Waals surface area contributed by atoms with Crippen LogP contribution in [0.25, 0.3) is 11.1 Å². The van der Waals surface area contributed by atoms with Gasteiger partial charge in [0.15, 0.2) is 0 Å². The zero-order valence-corrected chi connectivity index (χ0v) is 10.8. The molecule has 0 aliphatic rings. The minimum Gasteiger partial charge on any atom is -0.383 e. The molecule has 2 aromatic rings. The predicted octanol–water partition coefficient (Wildman–Crippen LogP) is 2.20. The van der Waals surface area contributed by atoms with Gasteiger partial charge in [-0.2, -0.15) is 5.10 Å². The first-order valence-electron chi connectivity index (χ1n) is 6.10. The van der Waals surface area contributed by atoms with Crippen LogP contribution >= 0.6 is 0 Å². The Labute approximate surface area is 107 Å². The summed E-state index contributed by atoms with van der Waals surface area (Å²) in [4.78, 5) is 0. The Kier molecular flexibility index (Phi) is 4.50. The lowest BCUT2D eigenvalue weighted by atomic mass is 10.1. The molecule has 0 aliphatic carbocycles. The normalized spacial score (nSPS) is 12.6. The fourth-order valence-electron chi connectivity index (χ4n) is 1.87. The molecule has 4 heteroatoms. The van der Waals surface area contributed by atoms with E-state index in [0.717, 1.165) is 18.7 Å². The molecule has 0 saturated carbocycles. The molecule has 1 aromatic heterocycles. The van der Waals surface area contributed by atoms with Crippen LogP contribution in [0.1, 0.15) is 12.5 Å². The molecule has 96 valence electrons. The molecule has 0 saturated heterocycles. The van der Waals surface area contributed by atoms with Crippen molar-refractivity contribution >= 4 is 0 Å². The summed E-state index contributed by atoms with van der Waals surface area (Å²) in [7, 11) is 1.72. The first-order valence-corrected chi connectivity index (χ1v) is 6.10. The third-order valence-corrected chi connectivity index (χ3v) is 2.83. The lowest BCUT2D eigenvalue weighted by molar-refractivity contribution is 0.171. The van der Waals surface area contributed by atoms with Crippen molar-refractivity contribution in [3.8, 4) is 11.1 Å². The van der Waals surface area contributed by atoms with Gasteiger partial charge in [-0.15, -0.1) is 0 Å². The van der Waals surface area contributed by atoms with Gasteiger partial charge in [0, 0.05) is 31.5 Å². The van der Waals surface area contributed by atoms with Gasteiger partial charge in [0.2, 0.25) is 0 Å². The molecule has 0 spiro atoms. The van der Waals surface area contributed by atoms with Crippen molar-refractivity contribution < 1.29 is 4.74 Å². The van der Waals surface area contributed by atoms with E-state index in [4.69, 9.17) is 4.74 Å². The van der Waals surface area contributed by atoms with Crippen LogP contribution in [-0.4, -0.2) is 30.0 Å². The molecular weight excluding hydrogens is 226 g/mol. The summed E-state index contributed by atoms with van der Waals surface area (Å²) in [5, 5.41) is 10.2. The number of nitrogens with one attached hydrogen (secondary N) is 2. The first kappa shape index (κ1) is 12.8. The summed E-state index contributed by atoms with van der Waals surface area (Å²) in [5.41, 5.74) is 3.56. The average molecular weight is 245 g/mol. The molecule has 0 amide bonds. The predicted molar refractivity (Wildman–Crippen MR) is 72.2 cm³/mol. The highest BCUT2D eigenvalue weighted by molar-refractivity contribution is 5.62. The van der Waals surface area contributed by atoms with Gasteiger partial charge < -0.3 is 10.1 Å². The lowest BCUT2D eigenvalue weighted by Gasteiger charge is -2.13. The number of hydrogen-bond donors (Lipinski definition) is 2. The van der Waals surface area contributed by atoms with Crippen LogP contribution in [-0.2, 0) is 11.3 Å². The van der Waals surface area contributed by atoms with Crippen LogP contribution < -0.4 is 5.32 Å². The van der Waals surface area contributed by atoms with Crippen molar-refractivity contribution in [2.75, 3.05) is 13.7 Å². The molecule has 18 heavy (non-hydrogen) atoms. The summed E-state index contributed by atoms with van der Waals surface area (Å²) in [6.07, 6.45) is 3.74. The van der Waals surface area contributed by atoms with Gasteiger partial charge in [-0.1, -0.05) is 18.2 Å². The number of ether oxygens (including phenoxy) is 1. The Bertz CT molecular complexity index is 468. The van der Waals surface area contributed by atoms with Crippen LogP contribution in [0.2, 0.25) is 0 Å². The number of methoxy groups -OCH3 is 1. The average Bonchev–Trinajstić information content (AvgIpc) is 2.91. The van der Waals surface area contributed by atoms with Crippen LogP contribution in [0.4, 0.5) is 0 Å². The number of benzene rings is 1.